The molecule has 0 saturated carbocycles. The third-order valence-electron chi connectivity index (χ3n) is 2.42. The molecule has 108 valence electrons. The van der Waals surface area contributed by atoms with Gasteiger partial charge in [0.25, 0.3) is 5.91 Å². The van der Waals surface area contributed by atoms with E-state index in [1.54, 1.807) is 12.1 Å². The van der Waals surface area contributed by atoms with E-state index < -0.39 is 23.9 Å². The molecular formula is C12H13BrN2O5. The van der Waals surface area contributed by atoms with Crippen molar-refractivity contribution in [3.63, 3.8) is 0 Å². The molecule has 1 amide bonds. The van der Waals surface area contributed by atoms with Crippen LogP contribution < -0.4 is 5.32 Å². The van der Waals surface area contributed by atoms with Crippen LogP contribution in [-0.2, 0) is 14.3 Å². The summed E-state index contributed by atoms with van der Waals surface area (Å²) in [6.07, 6.45) is -0.151. The summed E-state index contributed by atoms with van der Waals surface area (Å²) in [6, 6.07) is 3.53. The zero-order valence-electron chi connectivity index (χ0n) is 10.6. The van der Waals surface area contributed by atoms with Crippen LogP contribution in [-0.4, -0.2) is 41.1 Å². The predicted octanol–water partition coefficient (Wildman–Crippen LogP) is 0.980. The molecule has 1 rings (SSSR count). The lowest BCUT2D eigenvalue weighted by Crippen LogP contribution is -2.41. The number of methoxy groups -OCH3 is 1. The molecule has 0 bridgehead atoms. The van der Waals surface area contributed by atoms with Crippen LogP contribution in [0.15, 0.2) is 22.8 Å². The predicted molar refractivity (Wildman–Crippen MR) is 72.1 cm³/mol. The second kappa shape index (κ2) is 7.59. The molecule has 1 atom stereocenters. The quantitative estimate of drug-likeness (QED) is 0.588. The van der Waals surface area contributed by atoms with Gasteiger partial charge in [-0.05, 0) is 34.5 Å². The number of aliphatic carboxylic acids is 1. The average molecular weight is 345 g/mol. The highest BCUT2D eigenvalue weighted by atomic mass is 79.9. The van der Waals surface area contributed by atoms with Gasteiger partial charge in [0.1, 0.15) is 16.3 Å². The number of carbonyl (C=O) groups excluding carboxylic acids is 2. The van der Waals surface area contributed by atoms with Gasteiger partial charge in [0, 0.05) is 6.42 Å². The first-order chi connectivity index (χ1) is 9.43. The summed E-state index contributed by atoms with van der Waals surface area (Å²) in [5, 5.41) is 11.3. The molecular weight excluding hydrogens is 332 g/mol. The van der Waals surface area contributed by atoms with Crippen molar-refractivity contribution in [2.45, 2.75) is 18.9 Å². The van der Waals surface area contributed by atoms with Crippen LogP contribution in [0.4, 0.5) is 0 Å². The second-order valence-electron chi connectivity index (χ2n) is 3.82. The van der Waals surface area contributed by atoms with Gasteiger partial charge in [-0.25, -0.2) is 9.78 Å². The number of nitrogens with zero attached hydrogens (tertiary/aromatic N) is 1. The molecule has 0 aliphatic heterocycles. The minimum absolute atomic E-state index is 0.0538. The maximum Gasteiger partial charge on any atom is 0.326 e. The first-order valence-electron chi connectivity index (χ1n) is 5.67. The van der Waals surface area contributed by atoms with Gasteiger partial charge in [-0.3, -0.25) is 9.59 Å². The first-order valence-corrected chi connectivity index (χ1v) is 6.46. The Labute approximate surface area is 123 Å². The number of hydrogen-bond acceptors (Lipinski definition) is 5. The lowest BCUT2D eigenvalue weighted by atomic mass is 10.1. The van der Waals surface area contributed by atoms with Crippen molar-refractivity contribution >= 4 is 33.8 Å². The maximum atomic E-state index is 11.9. The molecule has 0 saturated heterocycles. The number of halogens is 1. The van der Waals surface area contributed by atoms with Crippen molar-refractivity contribution in [1.29, 1.82) is 0 Å². The molecule has 1 aromatic heterocycles. The number of carboxylic acid groups (broad SMARTS) is 1. The van der Waals surface area contributed by atoms with Crippen LogP contribution in [0.2, 0.25) is 0 Å². The summed E-state index contributed by atoms with van der Waals surface area (Å²) in [5.41, 5.74) is 0.0868. The van der Waals surface area contributed by atoms with Crippen molar-refractivity contribution in [2.24, 2.45) is 0 Å². The topological polar surface area (TPSA) is 106 Å². The van der Waals surface area contributed by atoms with Crippen LogP contribution in [0.1, 0.15) is 23.3 Å². The summed E-state index contributed by atoms with van der Waals surface area (Å²) in [7, 11) is 1.21. The number of pyridine rings is 1. The van der Waals surface area contributed by atoms with E-state index in [1.807, 2.05) is 0 Å². The largest absolute Gasteiger partial charge is 0.480 e. The molecule has 1 unspecified atom stereocenters. The zero-order valence-corrected chi connectivity index (χ0v) is 12.2. The normalized spacial score (nSPS) is 11.5. The Morgan fingerprint density at radius 2 is 2.15 bits per heavy atom. The van der Waals surface area contributed by atoms with Crippen molar-refractivity contribution < 1.29 is 24.2 Å². The standard InChI is InChI=1S/C12H13BrN2O5/c1-20-10(16)6-5-8(12(18)19)15-11(17)7-3-2-4-9(13)14-7/h2-4,8H,5-6H2,1H3,(H,15,17)(H,18,19). The van der Waals surface area contributed by atoms with Gasteiger partial charge in [-0.1, -0.05) is 6.07 Å². The number of hydrogen-bond donors (Lipinski definition) is 2. The van der Waals surface area contributed by atoms with Crippen LogP contribution in [0.3, 0.4) is 0 Å². The number of aromatic nitrogens is 1. The number of amides is 1. The van der Waals surface area contributed by atoms with Gasteiger partial charge < -0.3 is 15.2 Å². The van der Waals surface area contributed by atoms with Gasteiger partial charge >= 0.3 is 11.9 Å². The molecule has 0 aromatic carbocycles. The van der Waals surface area contributed by atoms with E-state index in [4.69, 9.17) is 5.11 Å². The molecule has 0 radical (unpaired) electrons. The number of rotatable bonds is 6. The molecule has 0 fully saturated rings. The molecule has 1 aromatic rings. The highest BCUT2D eigenvalue weighted by Crippen LogP contribution is 2.07. The zero-order chi connectivity index (χ0) is 15.1. The molecule has 0 aliphatic carbocycles. The summed E-state index contributed by atoms with van der Waals surface area (Å²) in [5.74, 6) is -2.38. The van der Waals surface area contributed by atoms with E-state index in [0.29, 0.717) is 4.60 Å². The highest BCUT2D eigenvalue weighted by Gasteiger charge is 2.22. The Hall–Kier alpha value is -1.96. The minimum Gasteiger partial charge on any atom is -0.480 e. The van der Waals surface area contributed by atoms with Crippen molar-refractivity contribution in [3.05, 3.63) is 28.5 Å². The second-order valence-corrected chi connectivity index (χ2v) is 4.64. The van der Waals surface area contributed by atoms with E-state index >= 15 is 0 Å². The van der Waals surface area contributed by atoms with Gasteiger partial charge in [0.15, 0.2) is 0 Å². The Kier molecular flexibility index (Phi) is 6.10. The smallest absolute Gasteiger partial charge is 0.326 e. The monoisotopic (exact) mass is 344 g/mol. The molecule has 20 heavy (non-hydrogen) atoms. The summed E-state index contributed by atoms with van der Waals surface area (Å²) < 4.78 is 4.89. The number of nitrogens with one attached hydrogen (secondary N) is 1. The number of ether oxygens (including phenoxy) is 1. The SMILES string of the molecule is COC(=O)CCC(NC(=O)c1cccc(Br)n1)C(=O)O. The summed E-state index contributed by atoms with van der Waals surface area (Å²) in [4.78, 5) is 37.8. The molecule has 8 heteroatoms. The van der Waals surface area contributed by atoms with E-state index in [9.17, 15) is 14.4 Å². The Morgan fingerprint density at radius 1 is 1.45 bits per heavy atom. The molecule has 7 nitrogen and oxygen atoms in total. The molecule has 0 aliphatic rings. The number of esters is 1. The lowest BCUT2D eigenvalue weighted by Gasteiger charge is -2.13. The fourth-order valence-corrected chi connectivity index (χ4v) is 1.73. The van der Waals surface area contributed by atoms with Gasteiger partial charge in [-0.15, -0.1) is 0 Å². The van der Waals surface area contributed by atoms with Gasteiger partial charge in [0.2, 0.25) is 0 Å². The van der Waals surface area contributed by atoms with Crippen molar-refractivity contribution in [3.8, 4) is 0 Å². The molecule has 0 spiro atoms. The third-order valence-corrected chi connectivity index (χ3v) is 2.86. The Bertz CT molecular complexity index is 520. The van der Waals surface area contributed by atoms with Crippen molar-refractivity contribution in [2.75, 3.05) is 7.11 Å². The summed E-state index contributed by atoms with van der Waals surface area (Å²) in [6.45, 7) is 0. The number of carboxylic acids is 1. The van der Waals surface area contributed by atoms with Crippen LogP contribution in [0.5, 0.6) is 0 Å². The van der Waals surface area contributed by atoms with E-state index in [2.05, 4.69) is 31.0 Å². The minimum atomic E-state index is -1.22. The van der Waals surface area contributed by atoms with Crippen molar-refractivity contribution in [1.82, 2.24) is 10.3 Å². The highest BCUT2D eigenvalue weighted by molar-refractivity contribution is 9.10. The molecule has 1 heterocycles. The third kappa shape index (κ3) is 4.96. The van der Waals surface area contributed by atoms with E-state index in [1.165, 1.54) is 13.2 Å². The summed E-state index contributed by atoms with van der Waals surface area (Å²) >= 11 is 3.12. The number of carbonyl (C=O) groups is 3. The van der Waals surface area contributed by atoms with Crippen LogP contribution in [0, 0.1) is 0 Å². The maximum absolute atomic E-state index is 11.9. The van der Waals surface area contributed by atoms with E-state index in [0.717, 1.165) is 0 Å². The van der Waals surface area contributed by atoms with Crippen LogP contribution >= 0.6 is 15.9 Å². The molecule has 2 N–H and O–H groups in total. The Morgan fingerprint density at radius 3 is 2.70 bits per heavy atom. The average Bonchev–Trinajstić information content (AvgIpc) is 2.42. The Balaban J connectivity index is 2.68. The van der Waals surface area contributed by atoms with Gasteiger partial charge in [0.05, 0.1) is 7.11 Å². The first kappa shape index (κ1) is 16.1. The van der Waals surface area contributed by atoms with Gasteiger partial charge in [-0.2, -0.15) is 0 Å². The fraction of sp³-hybridized carbons (Fsp3) is 0.333. The van der Waals surface area contributed by atoms with E-state index in [-0.39, 0.29) is 18.5 Å². The lowest BCUT2D eigenvalue weighted by molar-refractivity contribution is -0.142. The van der Waals surface area contributed by atoms with Crippen LogP contribution in [0.25, 0.3) is 0 Å². The fourth-order valence-electron chi connectivity index (χ4n) is 1.39.